The largest absolute Gasteiger partial charge is 0.206 e. The molecule has 29 heavy (non-hydrogen) atoms. The molecule has 0 atom stereocenters. The van der Waals surface area contributed by atoms with Crippen molar-refractivity contribution in [1.82, 2.24) is 0 Å². The van der Waals surface area contributed by atoms with E-state index in [9.17, 15) is 4.39 Å². The molecule has 0 radical (unpaired) electrons. The van der Waals surface area contributed by atoms with Crippen LogP contribution in [-0.2, 0) is 6.42 Å². The molecule has 4 rings (SSSR count). The van der Waals surface area contributed by atoms with Gasteiger partial charge in [0.1, 0.15) is 11.6 Å². The van der Waals surface area contributed by atoms with Crippen molar-refractivity contribution in [2.45, 2.75) is 39.0 Å². The van der Waals surface area contributed by atoms with E-state index >= 15 is 4.39 Å². The van der Waals surface area contributed by atoms with E-state index in [-0.39, 0.29) is 10.8 Å². The number of aryl methyl sites for hydroxylation is 1. The standard InChI is InChI=1S/C26H23ClF2/c1-2-3-4-5-6-17-7-10-20-18(15-17)8-11-23-22(20)13-12-21(26(23)29)19-9-14-24(27)25(28)16-19/h7-16H,2-6H2,1H3. The maximum atomic E-state index is 15.3. The molecule has 0 spiro atoms. The summed E-state index contributed by atoms with van der Waals surface area (Å²) in [5.41, 5.74) is 2.18. The monoisotopic (exact) mass is 408 g/mol. The van der Waals surface area contributed by atoms with Crippen LogP contribution in [0.5, 0.6) is 0 Å². The minimum absolute atomic E-state index is 0.0337. The number of halogens is 3. The fourth-order valence-corrected chi connectivity index (χ4v) is 4.07. The highest BCUT2D eigenvalue weighted by molar-refractivity contribution is 6.30. The SMILES string of the molecule is CCCCCCc1ccc2c(ccc3c(F)c(-c4ccc(Cl)c(F)c4)ccc32)c1. The van der Waals surface area contributed by atoms with Crippen LogP contribution in [0.4, 0.5) is 8.78 Å². The summed E-state index contributed by atoms with van der Waals surface area (Å²) in [5.74, 6) is -0.886. The van der Waals surface area contributed by atoms with E-state index in [1.807, 2.05) is 18.2 Å². The van der Waals surface area contributed by atoms with E-state index in [4.69, 9.17) is 11.6 Å². The molecule has 0 saturated heterocycles. The molecule has 0 unspecified atom stereocenters. The molecule has 0 aromatic heterocycles. The van der Waals surface area contributed by atoms with E-state index < -0.39 is 5.82 Å². The number of hydrogen-bond donors (Lipinski definition) is 0. The van der Waals surface area contributed by atoms with Gasteiger partial charge in [0, 0.05) is 10.9 Å². The van der Waals surface area contributed by atoms with E-state index in [1.165, 1.54) is 43.4 Å². The number of rotatable bonds is 6. The summed E-state index contributed by atoms with van der Waals surface area (Å²) in [4.78, 5) is 0. The van der Waals surface area contributed by atoms with Gasteiger partial charge in [-0.1, -0.05) is 86.3 Å². The summed E-state index contributed by atoms with van der Waals surface area (Å²) in [7, 11) is 0. The van der Waals surface area contributed by atoms with Crippen molar-refractivity contribution in [3.05, 3.63) is 82.9 Å². The maximum absolute atomic E-state index is 15.3. The maximum Gasteiger partial charge on any atom is 0.142 e. The molecular weight excluding hydrogens is 386 g/mol. The number of hydrogen-bond acceptors (Lipinski definition) is 0. The summed E-state index contributed by atoms with van der Waals surface area (Å²) in [6, 6.07) is 18.3. The molecule has 0 aliphatic carbocycles. The Labute approximate surface area is 175 Å². The first-order valence-electron chi connectivity index (χ1n) is 10.2. The summed E-state index contributed by atoms with van der Waals surface area (Å²) >= 11 is 5.76. The van der Waals surface area contributed by atoms with Gasteiger partial charge in [0.2, 0.25) is 0 Å². The van der Waals surface area contributed by atoms with E-state index in [0.29, 0.717) is 16.5 Å². The molecule has 4 aromatic rings. The first kappa shape index (κ1) is 19.8. The topological polar surface area (TPSA) is 0 Å². The molecule has 0 bridgehead atoms. The molecule has 0 saturated carbocycles. The Morgan fingerprint density at radius 1 is 0.759 bits per heavy atom. The molecule has 0 N–H and O–H groups in total. The van der Waals surface area contributed by atoms with Crippen LogP contribution in [0.2, 0.25) is 5.02 Å². The second-order valence-corrected chi connectivity index (χ2v) is 7.99. The van der Waals surface area contributed by atoms with Crippen LogP contribution in [0.1, 0.15) is 38.2 Å². The van der Waals surface area contributed by atoms with Gasteiger partial charge in [-0.3, -0.25) is 0 Å². The third-order valence-electron chi connectivity index (χ3n) is 5.57. The lowest BCUT2D eigenvalue weighted by atomic mass is 9.95. The minimum atomic E-state index is -0.548. The lowest BCUT2D eigenvalue weighted by molar-refractivity contribution is 0.627. The van der Waals surface area contributed by atoms with Gasteiger partial charge in [0.05, 0.1) is 5.02 Å². The predicted octanol–water partition coefficient (Wildman–Crippen LogP) is 8.71. The summed E-state index contributed by atoms with van der Waals surface area (Å²) in [5, 5.41) is 3.60. The normalized spacial score (nSPS) is 11.4. The van der Waals surface area contributed by atoms with Crippen LogP contribution in [-0.4, -0.2) is 0 Å². The van der Waals surface area contributed by atoms with Crippen LogP contribution < -0.4 is 0 Å². The zero-order valence-electron chi connectivity index (χ0n) is 16.4. The molecule has 0 amide bonds. The molecular formula is C26H23ClF2. The van der Waals surface area contributed by atoms with Crippen LogP contribution in [0, 0.1) is 11.6 Å². The van der Waals surface area contributed by atoms with Gasteiger partial charge < -0.3 is 0 Å². The molecule has 0 fully saturated rings. The van der Waals surface area contributed by atoms with Crippen molar-refractivity contribution in [3.8, 4) is 11.1 Å². The fourth-order valence-electron chi connectivity index (χ4n) is 3.96. The highest BCUT2D eigenvalue weighted by Crippen LogP contribution is 2.34. The third-order valence-corrected chi connectivity index (χ3v) is 5.87. The lowest BCUT2D eigenvalue weighted by Crippen LogP contribution is -1.90. The Balaban J connectivity index is 1.73. The van der Waals surface area contributed by atoms with E-state index in [0.717, 1.165) is 22.6 Å². The Bertz CT molecular complexity index is 1180. The fraction of sp³-hybridized carbons (Fsp3) is 0.231. The second-order valence-electron chi connectivity index (χ2n) is 7.58. The van der Waals surface area contributed by atoms with Gasteiger partial charge in [-0.2, -0.15) is 0 Å². The highest BCUT2D eigenvalue weighted by Gasteiger charge is 2.13. The molecule has 3 heteroatoms. The highest BCUT2D eigenvalue weighted by atomic mass is 35.5. The molecule has 148 valence electrons. The Hall–Kier alpha value is -2.45. The van der Waals surface area contributed by atoms with Crippen LogP contribution >= 0.6 is 11.6 Å². The van der Waals surface area contributed by atoms with Crippen LogP contribution in [0.3, 0.4) is 0 Å². The van der Waals surface area contributed by atoms with Crippen LogP contribution in [0.25, 0.3) is 32.7 Å². The number of fused-ring (bicyclic) bond motifs is 3. The number of benzene rings is 4. The molecule has 4 aromatic carbocycles. The van der Waals surface area contributed by atoms with Crippen molar-refractivity contribution >= 4 is 33.1 Å². The van der Waals surface area contributed by atoms with Gasteiger partial charge in [0.15, 0.2) is 0 Å². The smallest absolute Gasteiger partial charge is 0.142 e. The van der Waals surface area contributed by atoms with Crippen molar-refractivity contribution < 1.29 is 8.78 Å². The second kappa shape index (κ2) is 8.51. The van der Waals surface area contributed by atoms with Gasteiger partial charge in [-0.25, -0.2) is 8.78 Å². The number of unbranched alkanes of at least 4 members (excludes halogenated alkanes) is 3. The Morgan fingerprint density at radius 2 is 1.55 bits per heavy atom. The average molecular weight is 409 g/mol. The van der Waals surface area contributed by atoms with Crippen molar-refractivity contribution in [3.63, 3.8) is 0 Å². The molecule has 0 aliphatic heterocycles. The average Bonchev–Trinajstić information content (AvgIpc) is 2.73. The third kappa shape index (κ3) is 4.00. The molecule has 0 aliphatic rings. The van der Waals surface area contributed by atoms with Gasteiger partial charge >= 0.3 is 0 Å². The quantitative estimate of drug-likeness (QED) is 0.221. The minimum Gasteiger partial charge on any atom is -0.206 e. The molecule has 0 nitrogen and oxygen atoms in total. The summed E-state index contributed by atoms with van der Waals surface area (Å²) in [6.45, 7) is 2.22. The zero-order chi connectivity index (χ0) is 20.4. The van der Waals surface area contributed by atoms with E-state index in [2.05, 4.69) is 25.1 Å². The predicted molar refractivity (Wildman–Crippen MR) is 120 cm³/mol. The Morgan fingerprint density at radius 3 is 2.34 bits per heavy atom. The first-order valence-corrected chi connectivity index (χ1v) is 10.6. The van der Waals surface area contributed by atoms with Crippen molar-refractivity contribution in [2.24, 2.45) is 0 Å². The van der Waals surface area contributed by atoms with E-state index in [1.54, 1.807) is 12.1 Å². The first-order chi connectivity index (χ1) is 14.1. The van der Waals surface area contributed by atoms with Gasteiger partial charge in [0.25, 0.3) is 0 Å². The Kier molecular flexibility index (Phi) is 5.82. The lowest BCUT2D eigenvalue weighted by Gasteiger charge is -2.11. The van der Waals surface area contributed by atoms with Crippen molar-refractivity contribution in [2.75, 3.05) is 0 Å². The van der Waals surface area contributed by atoms with Crippen LogP contribution in [0.15, 0.2) is 60.7 Å². The van der Waals surface area contributed by atoms with Gasteiger partial charge in [-0.05, 0) is 52.3 Å². The zero-order valence-corrected chi connectivity index (χ0v) is 17.2. The summed E-state index contributed by atoms with van der Waals surface area (Å²) in [6.07, 6.45) is 6.04. The van der Waals surface area contributed by atoms with Crippen molar-refractivity contribution in [1.29, 1.82) is 0 Å². The molecule has 0 heterocycles. The summed E-state index contributed by atoms with van der Waals surface area (Å²) < 4.78 is 29.1. The van der Waals surface area contributed by atoms with Gasteiger partial charge in [-0.15, -0.1) is 0 Å².